The molecule has 0 bridgehead atoms. The zero-order chi connectivity index (χ0) is 29.2. The van der Waals surface area contributed by atoms with Gasteiger partial charge in [0.15, 0.2) is 16.6 Å². The first-order valence-corrected chi connectivity index (χ1v) is 15.7. The summed E-state index contributed by atoms with van der Waals surface area (Å²) in [5.74, 6) is 1.75. The van der Waals surface area contributed by atoms with Crippen molar-refractivity contribution in [1.82, 2.24) is 18.8 Å². The number of fused-ring (bicyclic) bond motifs is 5. The Kier molecular flexibility index (Phi) is 2.97. The van der Waals surface area contributed by atoms with E-state index in [0.717, 1.165) is 61.1 Å². The first kappa shape index (κ1) is 21.4. The summed E-state index contributed by atoms with van der Waals surface area (Å²) in [4.78, 5) is 9.79. The number of benzene rings is 4. The van der Waals surface area contributed by atoms with Crippen molar-refractivity contribution in [2.45, 2.75) is 5.66 Å². The zero-order valence-electron chi connectivity index (χ0n) is 24.0. The third-order valence-corrected chi connectivity index (χ3v) is 11.3. The second kappa shape index (κ2) is 6.39. The van der Waals surface area contributed by atoms with E-state index in [1.807, 2.05) is 0 Å². The Morgan fingerprint density at radius 3 is 2.15 bits per heavy atom. The minimum Gasteiger partial charge on any atom is -0.456 e. The summed E-state index contributed by atoms with van der Waals surface area (Å²) >= 11 is 0. The first-order chi connectivity index (χ1) is 22.8. The lowest BCUT2D eigenvalue weighted by atomic mass is 9.81. The zero-order valence-corrected chi connectivity index (χ0v) is 24.0. The molecule has 4 aromatic carbocycles. The van der Waals surface area contributed by atoms with Gasteiger partial charge in [-0.15, -0.1) is 0 Å². The Morgan fingerprint density at radius 1 is 0.565 bits per heavy atom. The SMILES string of the molecule is c1cc2ccc3c4ccc[n+]5c4n4c6c7c(ccc6c(c1)c2c34)Oc1ccc2c3nccnc3c3cc4ccc[n+]6c4n3c2c1C765. The molecular weight excluding hydrogens is 568 g/mol. The van der Waals surface area contributed by atoms with Crippen LogP contribution in [-0.4, -0.2) is 18.8 Å². The molecule has 1 unspecified atom stereocenters. The first-order valence-electron chi connectivity index (χ1n) is 15.7. The van der Waals surface area contributed by atoms with Crippen LogP contribution in [0.25, 0.3) is 87.5 Å². The van der Waals surface area contributed by atoms with Crippen molar-refractivity contribution in [1.29, 1.82) is 0 Å². The fraction of sp³-hybridized carbons (Fsp3) is 0.0256. The predicted octanol–water partition coefficient (Wildman–Crippen LogP) is 7.10. The van der Waals surface area contributed by atoms with Gasteiger partial charge in [0, 0.05) is 34.6 Å². The Balaban J connectivity index is 1.38. The van der Waals surface area contributed by atoms with E-state index < -0.39 is 5.66 Å². The van der Waals surface area contributed by atoms with E-state index in [1.165, 1.54) is 49.0 Å². The van der Waals surface area contributed by atoms with Crippen molar-refractivity contribution >= 4 is 87.5 Å². The Bertz CT molecular complexity index is 3350. The van der Waals surface area contributed by atoms with E-state index in [-0.39, 0.29) is 0 Å². The lowest BCUT2D eigenvalue weighted by Crippen LogP contribution is -2.77. The van der Waals surface area contributed by atoms with Gasteiger partial charge in [-0.05, 0) is 65.4 Å². The molecule has 7 nitrogen and oxygen atoms in total. The highest BCUT2D eigenvalue weighted by atomic mass is 16.5. The fourth-order valence-electron chi connectivity index (χ4n) is 9.84. The third kappa shape index (κ3) is 1.84. The van der Waals surface area contributed by atoms with Crippen molar-refractivity contribution < 1.29 is 13.9 Å². The molecule has 11 aromatic rings. The van der Waals surface area contributed by atoms with Crippen LogP contribution >= 0.6 is 0 Å². The van der Waals surface area contributed by atoms with Crippen molar-refractivity contribution in [3.8, 4) is 11.5 Å². The molecule has 3 aliphatic heterocycles. The molecule has 10 heterocycles. The lowest BCUT2D eigenvalue weighted by Gasteiger charge is -2.39. The average molecular weight is 587 g/mol. The highest BCUT2D eigenvalue weighted by molar-refractivity contribution is 6.28. The molecule has 3 aliphatic rings. The Morgan fingerprint density at radius 2 is 1.26 bits per heavy atom. The maximum atomic E-state index is 7.02. The van der Waals surface area contributed by atoms with Crippen molar-refractivity contribution in [3.05, 3.63) is 121 Å². The number of hydrogen-bond acceptors (Lipinski definition) is 3. The van der Waals surface area contributed by atoms with Gasteiger partial charge in [-0.3, -0.25) is 4.98 Å². The molecular formula is C39H18N6O+2. The Hall–Kier alpha value is -6.34. The van der Waals surface area contributed by atoms with Crippen LogP contribution in [0.4, 0.5) is 0 Å². The summed E-state index contributed by atoms with van der Waals surface area (Å²) in [6, 6.07) is 31.3. The largest absolute Gasteiger partial charge is 0.456 e. The van der Waals surface area contributed by atoms with Crippen LogP contribution in [0.1, 0.15) is 11.1 Å². The van der Waals surface area contributed by atoms with Crippen LogP contribution in [0, 0.1) is 0 Å². The summed E-state index contributed by atoms with van der Waals surface area (Å²) in [5.41, 5.74) is 10.3. The molecule has 0 saturated heterocycles. The monoisotopic (exact) mass is 586 g/mol. The van der Waals surface area contributed by atoms with Gasteiger partial charge in [0.05, 0.1) is 28.6 Å². The minimum atomic E-state index is -0.764. The predicted molar refractivity (Wildman–Crippen MR) is 176 cm³/mol. The third-order valence-electron chi connectivity index (χ3n) is 11.3. The summed E-state index contributed by atoms with van der Waals surface area (Å²) < 4.78 is 17.0. The molecule has 1 spiro atoms. The maximum Gasteiger partial charge on any atom is 0.321 e. The number of rotatable bonds is 0. The van der Waals surface area contributed by atoms with Gasteiger partial charge in [-0.2, -0.15) is 17.9 Å². The Labute approximate surface area is 257 Å². The maximum absolute atomic E-state index is 7.02. The molecule has 46 heavy (non-hydrogen) atoms. The van der Waals surface area contributed by atoms with Crippen LogP contribution < -0.4 is 13.9 Å². The number of aromatic nitrogens is 6. The van der Waals surface area contributed by atoms with E-state index in [0.29, 0.717) is 0 Å². The summed E-state index contributed by atoms with van der Waals surface area (Å²) in [6.07, 6.45) is 8.13. The highest BCUT2D eigenvalue weighted by Crippen LogP contribution is 2.56. The van der Waals surface area contributed by atoms with Crippen molar-refractivity contribution in [2.24, 2.45) is 0 Å². The van der Waals surface area contributed by atoms with E-state index in [9.17, 15) is 0 Å². The standard InChI is InChI=1S/C39H18N6O/c1-4-19-8-9-23-24-7-3-17-43-38(24)45-34(23)29(19)21(6-1)22-10-12-27-30(35(22)45)39(43)31-28(46-27)13-11-25-32-33(41-15-14-40-32)26-18-20-5-2-16-42(39)37(20)44(26)36(25)31/h1-18H/q+2. The molecule has 0 radical (unpaired) electrons. The fourth-order valence-corrected chi connectivity index (χ4v) is 9.84. The number of ether oxygens (including phenoxy) is 1. The summed E-state index contributed by atoms with van der Waals surface area (Å²) in [6.45, 7) is 0. The molecule has 0 amide bonds. The highest BCUT2D eigenvalue weighted by Gasteiger charge is 2.63. The van der Waals surface area contributed by atoms with Gasteiger partial charge in [-0.1, -0.05) is 24.3 Å². The van der Waals surface area contributed by atoms with Crippen molar-refractivity contribution in [2.75, 3.05) is 0 Å². The summed E-state index contributed by atoms with van der Waals surface area (Å²) in [7, 11) is 0. The van der Waals surface area contributed by atoms with Gasteiger partial charge in [0.2, 0.25) is 0 Å². The lowest BCUT2D eigenvalue weighted by molar-refractivity contribution is -0.953. The van der Waals surface area contributed by atoms with Gasteiger partial charge in [-0.25, -0.2) is 4.98 Å². The second-order valence-corrected chi connectivity index (χ2v) is 13.0. The molecule has 0 saturated carbocycles. The average Bonchev–Trinajstić information content (AvgIpc) is 3.67. The van der Waals surface area contributed by atoms with E-state index in [4.69, 9.17) is 14.7 Å². The molecule has 7 heteroatoms. The molecule has 7 aromatic heterocycles. The van der Waals surface area contributed by atoms with Gasteiger partial charge < -0.3 is 4.74 Å². The van der Waals surface area contributed by atoms with Crippen LogP contribution in [0.2, 0.25) is 0 Å². The van der Waals surface area contributed by atoms with Crippen LogP contribution in [0.3, 0.4) is 0 Å². The van der Waals surface area contributed by atoms with E-state index in [2.05, 4.69) is 115 Å². The second-order valence-electron chi connectivity index (χ2n) is 13.0. The van der Waals surface area contributed by atoms with Crippen LogP contribution in [0.15, 0.2) is 110 Å². The number of pyridine rings is 4. The van der Waals surface area contributed by atoms with Crippen LogP contribution in [0.5, 0.6) is 11.5 Å². The number of hydrogen-bond donors (Lipinski definition) is 0. The quantitative estimate of drug-likeness (QED) is 0.108. The summed E-state index contributed by atoms with van der Waals surface area (Å²) in [5, 5.41) is 9.84. The molecule has 0 fully saturated rings. The molecule has 0 aliphatic carbocycles. The molecule has 208 valence electrons. The van der Waals surface area contributed by atoms with Crippen LogP contribution in [-0.2, 0) is 5.66 Å². The van der Waals surface area contributed by atoms with E-state index in [1.54, 1.807) is 12.4 Å². The van der Waals surface area contributed by atoms with Crippen molar-refractivity contribution in [3.63, 3.8) is 0 Å². The molecule has 14 rings (SSSR count). The molecule has 1 atom stereocenters. The topological polar surface area (TPSA) is 51.6 Å². The normalized spacial score (nSPS) is 17.4. The van der Waals surface area contributed by atoms with Gasteiger partial charge >= 0.3 is 5.66 Å². The smallest absolute Gasteiger partial charge is 0.321 e. The molecule has 0 N–H and O–H groups in total. The van der Waals surface area contributed by atoms with Gasteiger partial charge in [0.25, 0.3) is 11.3 Å². The van der Waals surface area contributed by atoms with Gasteiger partial charge in [0.1, 0.15) is 39.2 Å². The number of nitrogens with zero attached hydrogens (tertiary/aromatic N) is 6. The van der Waals surface area contributed by atoms with E-state index >= 15 is 0 Å². The minimum absolute atomic E-state index is 0.764.